The molecule has 0 fully saturated rings. The molecule has 0 bridgehead atoms. The van der Waals surface area contributed by atoms with Crippen LogP contribution in [0.5, 0.6) is 5.75 Å². The number of fused-ring (bicyclic) bond motifs is 1. The number of hydrogen-bond acceptors (Lipinski definition) is 3. The Labute approximate surface area is 154 Å². The number of ether oxygens (including phenoxy) is 1. The van der Waals surface area contributed by atoms with Crippen LogP contribution < -0.4 is 4.74 Å². The van der Waals surface area contributed by atoms with Gasteiger partial charge in [-0.1, -0.05) is 36.4 Å². The standard InChI is InChI=1S/C22H25NO3/c1-16(24)8-7-13-23-15-19(18-10-4-5-11-20(18)23)21(25)14-17-9-3-6-12-22(17)26-2/h3-6,9-12,15-16,24H,7-8,13-14H2,1-2H3. The number of aromatic nitrogens is 1. The van der Waals surface area contributed by atoms with Crippen molar-refractivity contribution in [3.63, 3.8) is 0 Å². The monoisotopic (exact) mass is 351 g/mol. The topological polar surface area (TPSA) is 51.5 Å². The van der Waals surface area contributed by atoms with E-state index < -0.39 is 0 Å². The highest BCUT2D eigenvalue weighted by atomic mass is 16.5. The number of ketones is 1. The summed E-state index contributed by atoms with van der Waals surface area (Å²) >= 11 is 0. The Hall–Kier alpha value is -2.59. The van der Waals surface area contributed by atoms with Gasteiger partial charge in [0.15, 0.2) is 5.78 Å². The zero-order valence-corrected chi connectivity index (χ0v) is 15.3. The molecule has 0 aliphatic rings. The van der Waals surface area contributed by atoms with Crippen LogP contribution >= 0.6 is 0 Å². The number of carbonyl (C=O) groups is 1. The van der Waals surface area contributed by atoms with Gasteiger partial charge in [0.05, 0.1) is 13.2 Å². The minimum Gasteiger partial charge on any atom is -0.496 e. The SMILES string of the molecule is COc1ccccc1CC(=O)c1cn(CCCC(C)O)c2ccccc12. The molecule has 26 heavy (non-hydrogen) atoms. The van der Waals surface area contributed by atoms with Gasteiger partial charge < -0.3 is 14.4 Å². The van der Waals surface area contributed by atoms with Gasteiger partial charge in [0.1, 0.15) is 5.75 Å². The summed E-state index contributed by atoms with van der Waals surface area (Å²) in [5.74, 6) is 0.821. The number of hydrogen-bond donors (Lipinski definition) is 1. The van der Waals surface area contributed by atoms with Gasteiger partial charge >= 0.3 is 0 Å². The van der Waals surface area contributed by atoms with Crippen LogP contribution in [0.15, 0.2) is 54.7 Å². The highest BCUT2D eigenvalue weighted by Crippen LogP contribution is 2.25. The number of para-hydroxylation sites is 2. The van der Waals surface area contributed by atoms with Crippen molar-refractivity contribution in [2.75, 3.05) is 7.11 Å². The Morgan fingerprint density at radius 2 is 1.88 bits per heavy atom. The first kappa shape index (κ1) is 18.2. The zero-order valence-electron chi connectivity index (χ0n) is 15.3. The molecule has 1 N–H and O–H groups in total. The second kappa shape index (κ2) is 8.19. The van der Waals surface area contributed by atoms with Crippen molar-refractivity contribution in [1.82, 2.24) is 4.57 Å². The molecule has 0 spiro atoms. The largest absolute Gasteiger partial charge is 0.496 e. The molecule has 0 saturated heterocycles. The number of nitrogens with zero attached hydrogens (tertiary/aromatic N) is 1. The van der Waals surface area contributed by atoms with Crippen LogP contribution in [-0.2, 0) is 13.0 Å². The molecule has 0 saturated carbocycles. The fourth-order valence-corrected chi connectivity index (χ4v) is 3.33. The molecular formula is C22H25NO3. The average molecular weight is 351 g/mol. The molecule has 3 aromatic rings. The predicted octanol–water partition coefficient (Wildman–Crippen LogP) is 4.24. The summed E-state index contributed by atoms with van der Waals surface area (Å²) in [7, 11) is 1.62. The molecule has 4 nitrogen and oxygen atoms in total. The van der Waals surface area contributed by atoms with E-state index in [0.717, 1.165) is 47.2 Å². The fraction of sp³-hybridized carbons (Fsp3) is 0.318. The van der Waals surface area contributed by atoms with E-state index in [9.17, 15) is 9.90 Å². The number of aliphatic hydroxyl groups excluding tert-OH is 1. The summed E-state index contributed by atoms with van der Waals surface area (Å²) < 4.78 is 7.49. The molecule has 1 unspecified atom stereocenters. The molecule has 1 aromatic heterocycles. The third-order valence-corrected chi connectivity index (χ3v) is 4.65. The maximum absolute atomic E-state index is 13.0. The van der Waals surface area contributed by atoms with Crippen molar-refractivity contribution in [3.05, 3.63) is 65.9 Å². The smallest absolute Gasteiger partial charge is 0.169 e. The van der Waals surface area contributed by atoms with Gasteiger partial charge in [-0.3, -0.25) is 4.79 Å². The van der Waals surface area contributed by atoms with Gasteiger partial charge in [-0.05, 0) is 31.9 Å². The van der Waals surface area contributed by atoms with E-state index >= 15 is 0 Å². The first-order valence-electron chi connectivity index (χ1n) is 9.01. The van der Waals surface area contributed by atoms with Crippen molar-refractivity contribution in [2.45, 2.75) is 38.8 Å². The highest BCUT2D eigenvalue weighted by molar-refractivity contribution is 6.09. The molecule has 3 rings (SSSR count). The van der Waals surface area contributed by atoms with Gasteiger partial charge in [-0.25, -0.2) is 0 Å². The Bertz CT molecular complexity index is 895. The van der Waals surface area contributed by atoms with Crippen LogP contribution in [0.25, 0.3) is 10.9 Å². The lowest BCUT2D eigenvalue weighted by molar-refractivity contribution is 0.0993. The van der Waals surface area contributed by atoms with Crippen molar-refractivity contribution < 1.29 is 14.6 Å². The van der Waals surface area contributed by atoms with Crippen molar-refractivity contribution >= 4 is 16.7 Å². The van der Waals surface area contributed by atoms with Gasteiger partial charge in [0, 0.05) is 41.2 Å². The van der Waals surface area contributed by atoms with Crippen LogP contribution in [0.4, 0.5) is 0 Å². The fourth-order valence-electron chi connectivity index (χ4n) is 3.33. The molecule has 4 heteroatoms. The van der Waals surface area contributed by atoms with Gasteiger partial charge in [0.2, 0.25) is 0 Å². The molecule has 1 atom stereocenters. The number of Topliss-reactive ketones (excluding diaryl/α,β-unsaturated/α-hetero) is 1. The van der Waals surface area contributed by atoms with Crippen LogP contribution in [0.2, 0.25) is 0 Å². The average Bonchev–Trinajstić information content (AvgIpc) is 3.01. The minimum atomic E-state index is -0.302. The summed E-state index contributed by atoms with van der Waals surface area (Å²) in [6, 6.07) is 15.6. The molecule has 136 valence electrons. The van der Waals surface area contributed by atoms with Crippen LogP contribution in [0.3, 0.4) is 0 Å². The van der Waals surface area contributed by atoms with Crippen molar-refractivity contribution in [1.29, 1.82) is 0 Å². The van der Waals surface area contributed by atoms with E-state index in [1.54, 1.807) is 14.0 Å². The lowest BCUT2D eigenvalue weighted by Gasteiger charge is -2.07. The Kier molecular flexibility index (Phi) is 5.74. The Balaban J connectivity index is 1.88. The number of aryl methyl sites for hydroxylation is 1. The maximum Gasteiger partial charge on any atom is 0.169 e. The zero-order chi connectivity index (χ0) is 18.5. The first-order valence-corrected chi connectivity index (χ1v) is 9.01. The normalized spacial score (nSPS) is 12.3. The molecule has 0 amide bonds. The number of carbonyl (C=O) groups excluding carboxylic acids is 1. The number of rotatable bonds is 8. The number of methoxy groups -OCH3 is 1. The van der Waals surface area contributed by atoms with Crippen molar-refractivity contribution in [3.8, 4) is 5.75 Å². The second-order valence-corrected chi connectivity index (χ2v) is 6.66. The minimum absolute atomic E-state index is 0.0833. The molecule has 2 aromatic carbocycles. The third-order valence-electron chi connectivity index (χ3n) is 4.65. The van der Waals surface area contributed by atoms with Crippen LogP contribution in [-0.4, -0.2) is 28.7 Å². The summed E-state index contributed by atoms with van der Waals surface area (Å²) in [6.07, 6.45) is 3.58. The van der Waals surface area contributed by atoms with Crippen LogP contribution in [0.1, 0.15) is 35.7 Å². The van der Waals surface area contributed by atoms with E-state index in [2.05, 4.69) is 4.57 Å². The lowest BCUT2D eigenvalue weighted by atomic mass is 10.0. The van der Waals surface area contributed by atoms with Gasteiger partial charge in [-0.15, -0.1) is 0 Å². The van der Waals surface area contributed by atoms with E-state index in [1.807, 2.05) is 54.7 Å². The van der Waals surface area contributed by atoms with Gasteiger partial charge in [0.25, 0.3) is 0 Å². The summed E-state index contributed by atoms with van der Waals surface area (Å²) in [5, 5.41) is 10.5. The number of benzene rings is 2. The maximum atomic E-state index is 13.0. The first-order chi connectivity index (χ1) is 12.6. The number of aliphatic hydroxyl groups is 1. The summed E-state index contributed by atoms with van der Waals surface area (Å²) in [5.41, 5.74) is 2.69. The third kappa shape index (κ3) is 3.97. The van der Waals surface area contributed by atoms with E-state index in [4.69, 9.17) is 4.74 Å². The molecule has 0 aliphatic carbocycles. The Morgan fingerprint density at radius 3 is 2.65 bits per heavy atom. The van der Waals surface area contributed by atoms with E-state index in [-0.39, 0.29) is 11.9 Å². The van der Waals surface area contributed by atoms with Gasteiger partial charge in [-0.2, -0.15) is 0 Å². The summed E-state index contributed by atoms with van der Waals surface area (Å²) in [4.78, 5) is 13.0. The van der Waals surface area contributed by atoms with Crippen LogP contribution in [0, 0.1) is 0 Å². The van der Waals surface area contributed by atoms with E-state index in [1.165, 1.54) is 0 Å². The predicted molar refractivity (Wildman–Crippen MR) is 104 cm³/mol. The second-order valence-electron chi connectivity index (χ2n) is 6.66. The quantitative estimate of drug-likeness (QED) is 0.618. The highest BCUT2D eigenvalue weighted by Gasteiger charge is 2.17. The Morgan fingerprint density at radius 1 is 1.15 bits per heavy atom. The molecule has 0 aliphatic heterocycles. The molecule has 0 radical (unpaired) electrons. The molecular weight excluding hydrogens is 326 g/mol. The van der Waals surface area contributed by atoms with E-state index in [0.29, 0.717) is 6.42 Å². The summed E-state index contributed by atoms with van der Waals surface area (Å²) in [6.45, 7) is 2.59. The molecule has 1 heterocycles. The van der Waals surface area contributed by atoms with Crippen molar-refractivity contribution in [2.24, 2.45) is 0 Å². The lowest BCUT2D eigenvalue weighted by Crippen LogP contribution is -2.05.